The van der Waals surface area contributed by atoms with Crippen molar-refractivity contribution in [2.75, 3.05) is 14.2 Å². The van der Waals surface area contributed by atoms with Crippen molar-refractivity contribution in [3.05, 3.63) is 112 Å². The fraction of sp³-hybridized carbons (Fsp3) is 0.267. The first-order chi connectivity index (χ1) is 18.8. The van der Waals surface area contributed by atoms with Gasteiger partial charge in [0.25, 0.3) is 0 Å². The average molecular weight is 591 g/mol. The summed E-state index contributed by atoms with van der Waals surface area (Å²) in [5.41, 5.74) is -1.14. The fourth-order valence-electron chi connectivity index (χ4n) is 6.18. The van der Waals surface area contributed by atoms with Gasteiger partial charge in [-0.1, -0.05) is 70.5 Å². The molecule has 0 amide bonds. The van der Waals surface area contributed by atoms with Gasteiger partial charge in [0, 0.05) is 10.4 Å². The Labute approximate surface area is 233 Å². The molecule has 39 heavy (non-hydrogen) atoms. The molecule has 0 unspecified atom stereocenters. The molecule has 6 rings (SSSR count). The molecule has 1 saturated carbocycles. The highest BCUT2D eigenvalue weighted by Gasteiger charge is 2.78. The second kappa shape index (κ2) is 9.51. The van der Waals surface area contributed by atoms with Gasteiger partial charge in [0.2, 0.25) is 0 Å². The lowest BCUT2D eigenvalue weighted by atomic mass is 9.71. The van der Waals surface area contributed by atoms with Gasteiger partial charge in [-0.05, 0) is 41.0 Å². The number of nitrogens with zero attached hydrogens (tertiary/aromatic N) is 2. The molecule has 0 saturated heterocycles. The normalized spacial score (nSPS) is 26.9. The van der Waals surface area contributed by atoms with Crippen LogP contribution in [-0.2, 0) is 27.3 Å². The molecule has 1 aromatic heterocycles. The van der Waals surface area contributed by atoms with Crippen LogP contribution in [0.15, 0.2) is 89.5 Å². The van der Waals surface area contributed by atoms with Crippen molar-refractivity contribution < 1.29 is 29.2 Å². The summed E-state index contributed by atoms with van der Waals surface area (Å²) in [4.78, 5) is 13.2. The Kier molecular flexibility index (Phi) is 6.25. The highest BCUT2D eigenvalue weighted by molar-refractivity contribution is 9.10. The zero-order valence-corrected chi connectivity index (χ0v) is 22.9. The Balaban J connectivity index is 1.52. The summed E-state index contributed by atoms with van der Waals surface area (Å²) >= 11 is 3.48. The Morgan fingerprint density at radius 3 is 2.38 bits per heavy atom. The van der Waals surface area contributed by atoms with Crippen LogP contribution >= 0.6 is 15.9 Å². The van der Waals surface area contributed by atoms with Crippen LogP contribution in [0.1, 0.15) is 28.3 Å². The molecule has 2 heterocycles. The van der Waals surface area contributed by atoms with Gasteiger partial charge in [-0.25, -0.2) is 0 Å². The molecule has 4 aromatic rings. The van der Waals surface area contributed by atoms with E-state index in [9.17, 15) is 15.0 Å². The predicted molar refractivity (Wildman–Crippen MR) is 145 cm³/mol. The number of methoxy groups -OCH3 is 2. The highest BCUT2D eigenvalue weighted by Crippen LogP contribution is 2.68. The summed E-state index contributed by atoms with van der Waals surface area (Å²) in [6.07, 6.45) is 0.155. The highest BCUT2D eigenvalue weighted by atomic mass is 79.9. The molecule has 1 aliphatic heterocycles. The van der Waals surface area contributed by atoms with Gasteiger partial charge in [-0.2, -0.15) is 5.10 Å². The third kappa shape index (κ3) is 3.71. The topological polar surface area (TPSA) is 103 Å². The van der Waals surface area contributed by atoms with Crippen molar-refractivity contribution in [3.63, 3.8) is 0 Å². The van der Waals surface area contributed by atoms with E-state index in [4.69, 9.17) is 19.3 Å². The van der Waals surface area contributed by atoms with Gasteiger partial charge < -0.3 is 24.4 Å². The van der Waals surface area contributed by atoms with E-state index in [0.29, 0.717) is 17.9 Å². The zero-order chi connectivity index (χ0) is 27.4. The number of hydrogen-bond acceptors (Lipinski definition) is 7. The Morgan fingerprint density at radius 1 is 1.05 bits per heavy atom. The number of carbonyl (C=O) groups is 1. The van der Waals surface area contributed by atoms with Gasteiger partial charge in [0.15, 0.2) is 17.0 Å². The number of esters is 1. The van der Waals surface area contributed by atoms with Crippen molar-refractivity contribution in [2.45, 2.75) is 29.8 Å². The first-order valence-electron chi connectivity index (χ1n) is 12.5. The molecule has 200 valence electrons. The second-order valence-corrected chi connectivity index (χ2v) is 10.8. The number of aliphatic hydroxyl groups excluding tert-OH is 1. The molecular weight excluding hydrogens is 564 g/mol. The van der Waals surface area contributed by atoms with Crippen molar-refractivity contribution in [3.8, 4) is 11.5 Å². The first-order valence-corrected chi connectivity index (χ1v) is 13.3. The van der Waals surface area contributed by atoms with Crippen LogP contribution in [0.25, 0.3) is 0 Å². The van der Waals surface area contributed by atoms with Crippen LogP contribution in [0, 0.1) is 5.92 Å². The smallest absolute Gasteiger partial charge is 0.312 e. The van der Waals surface area contributed by atoms with E-state index in [1.54, 1.807) is 18.0 Å². The minimum Gasteiger partial charge on any atom is -0.497 e. The van der Waals surface area contributed by atoms with E-state index in [1.807, 2.05) is 78.9 Å². The van der Waals surface area contributed by atoms with Gasteiger partial charge in [0.05, 0.1) is 32.9 Å². The van der Waals surface area contributed by atoms with Gasteiger partial charge in [-0.15, -0.1) is 0 Å². The third-order valence-electron chi connectivity index (χ3n) is 7.90. The molecule has 2 aliphatic rings. The molecule has 2 N–H and O–H groups in total. The van der Waals surface area contributed by atoms with Crippen LogP contribution in [0.5, 0.6) is 11.5 Å². The number of benzene rings is 3. The molecule has 0 radical (unpaired) electrons. The van der Waals surface area contributed by atoms with Crippen LogP contribution in [0.2, 0.25) is 0 Å². The molecule has 1 fully saturated rings. The summed E-state index contributed by atoms with van der Waals surface area (Å²) < 4.78 is 19.6. The van der Waals surface area contributed by atoms with Crippen LogP contribution in [0.4, 0.5) is 0 Å². The summed E-state index contributed by atoms with van der Waals surface area (Å²) in [7, 11) is 2.89. The van der Waals surface area contributed by atoms with Crippen molar-refractivity contribution in [2.24, 2.45) is 5.92 Å². The lowest BCUT2D eigenvalue weighted by Gasteiger charge is -2.40. The maximum absolute atomic E-state index is 13.2. The fourth-order valence-corrected chi connectivity index (χ4v) is 6.45. The first kappa shape index (κ1) is 25.6. The minimum absolute atomic E-state index is 0.179. The van der Waals surface area contributed by atoms with Gasteiger partial charge >= 0.3 is 5.97 Å². The van der Waals surface area contributed by atoms with Crippen molar-refractivity contribution in [1.29, 1.82) is 0 Å². The van der Waals surface area contributed by atoms with E-state index < -0.39 is 35.1 Å². The lowest BCUT2D eigenvalue weighted by molar-refractivity contribution is -0.162. The molecule has 8 nitrogen and oxygen atoms in total. The molecule has 3 aromatic carbocycles. The quantitative estimate of drug-likeness (QED) is 0.325. The molecule has 9 heteroatoms. The number of aliphatic hydroxyl groups is 2. The summed E-state index contributed by atoms with van der Waals surface area (Å²) in [5, 5.41) is 29.2. The van der Waals surface area contributed by atoms with Crippen molar-refractivity contribution >= 4 is 21.9 Å². The number of halogens is 1. The number of aromatic nitrogens is 2. The average Bonchev–Trinajstić information content (AvgIpc) is 3.53. The number of hydrogen-bond donors (Lipinski definition) is 2. The monoisotopic (exact) mass is 590 g/mol. The summed E-state index contributed by atoms with van der Waals surface area (Å²) in [6.45, 7) is 0.403. The summed E-state index contributed by atoms with van der Waals surface area (Å²) in [5.74, 6) is -1.45. The zero-order valence-electron chi connectivity index (χ0n) is 21.3. The molecule has 1 aliphatic carbocycles. The van der Waals surface area contributed by atoms with E-state index in [2.05, 4.69) is 15.9 Å². The minimum atomic E-state index is -2.05. The second-order valence-electron chi connectivity index (χ2n) is 9.88. The Bertz CT molecular complexity index is 1510. The molecular formula is C30H27BrN2O6. The molecule has 5 atom stereocenters. The number of ether oxygens (including phenoxy) is 3. The van der Waals surface area contributed by atoms with Crippen LogP contribution in [-0.4, -0.2) is 46.3 Å². The van der Waals surface area contributed by atoms with Crippen LogP contribution < -0.4 is 9.47 Å². The van der Waals surface area contributed by atoms with Gasteiger partial charge in [0.1, 0.15) is 17.5 Å². The van der Waals surface area contributed by atoms with Crippen LogP contribution in [0.3, 0.4) is 0 Å². The predicted octanol–water partition coefficient (Wildman–Crippen LogP) is 4.13. The SMILES string of the molecule is COC(=O)[C@H]1[C@@H](O)[C@@]2(O)c3nn(Cc4ccc(OC)cc4)cc3O[C@@]2(c2ccc(Br)cc2)[C@@H]1c1ccccc1. The maximum Gasteiger partial charge on any atom is 0.312 e. The van der Waals surface area contributed by atoms with Gasteiger partial charge in [-0.3, -0.25) is 9.48 Å². The summed E-state index contributed by atoms with van der Waals surface area (Å²) in [6, 6.07) is 24.2. The number of carbonyl (C=O) groups excluding carboxylic acids is 1. The standard InChI is InChI=1S/C30H27BrN2O6/c1-37-22-14-8-18(9-15-22)16-33-17-23-26(32-33)29(36)27(34)24(28(35)38-2)25(19-6-4-3-5-7-19)30(29,39-23)20-10-12-21(31)13-11-20/h3-15,17,24-25,27,34,36H,16H2,1-2H3/t24-,25-,27-,29+,30+/m1/s1. The van der Waals surface area contributed by atoms with E-state index in [1.165, 1.54) is 7.11 Å². The largest absolute Gasteiger partial charge is 0.497 e. The van der Waals surface area contributed by atoms with E-state index in [-0.39, 0.29) is 5.69 Å². The Hall–Kier alpha value is -3.66. The third-order valence-corrected chi connectivity index (χ3v) is 8.43. The maximum atomic E-state index is 13.2. The van der Waals surface area contributed by atoms with Crippen molar-refractivity contribution in [1.82, 2.24) is 9.78 Å². The van der Waals surface area contributed by atoms with E-state index >= 15 is 0 Å². The number of fused-ring (bicyclic) bond motifs is 3. The molecule has 0 spiro atoms. The van der Waals surface area contributed by atoms with E-state index in [0.717, 1.165) is 21.3 Å². The molecule has 0 bridgehead atoms. The Morgan fingerprint density at radius 2 is 1.74 bits per heavy atom. The lowest BCUT2D eigenvalue weighted by Crippen LogP contribution is -2.52. The number of rotatable bonds is 6.